The number of nitrogens with two attached hydrogens (primary N) is 1. The van der Waals surface area contributed by atoms with Crippen LogP contribution in [0.2, 0.25) is 0 Å². The van der Waals surface area contributed by atoms with Gasteiger partial charge in [-0.1, -0.05) is 6.92 Å². The van der Waals surface area contributed by atoms with E-state index >= 15 is 0 Å². The van der Waals surface area contributed by atoms with Gasteiger partial charge in [-0.2, -0.15) is 0 Å². The number of aliphatic hydroxyl groups is 1. The first-order chi connectivity index (χ1) is 7.60. The maximum absolute atomic E-state index is 10.7. The fourth-order valence-electron chi connectivity index (χ4n) is 1.15. The highest BCUT2D eigenvalue weighted by molar-refractivity contribution is 5.67. The van der Waals surface area contributed by atoms with Crippen LogP contribution in [-0.2, 0) is 0 Å². The zero-order valence-electron chi connectivity index (χ0n) is 8.75. The van der Waals surface area contributed by atoms with Gasteiger partial charge < -0.3 is 16.2 Å². The van der Waals surface area contributed by atoms with Crippen LogP contribution in [-0.4, -0.2) is 32.6 Å². The number of nitrogen functional groups attached to an aromatic ring is 1. The molecule has 0 aromatic carbocycles. The van der Waals surface area contributed by atoms with Crippen molar-refractivity contribution in [3.63, 3.8) is 0 Å². The molecule has 0 saturated carbocycles. The molecule has 8 nitrogen and oxygen atoms in total. The molecule has 1 atom stereocenters. The fourth-order valence-corrected chi connectivity index (χ4v) is 1.15. The summed E-state index contributed by atoms with van der Waals surface area (Å²) in [4.78, 5) is 17.4. The summed E-state index contributed by atoms with van der Waals surface area (Å²) < 4.78 is 0. The molecule has 1 unspecified atom stereocenters. The molecule has 0 bridgehead atoms. The Morgan fingerprint density at radius 3 is 2.88 bits per heavy atom. The van der Waals surface area contributed by atoms with Crippen molar-refractivity contribution >= 4 is 17.3 Å². The number of rotatable bonds is 5. The molecule has 0 fully saturated rings. The first kappa shape index (κ1) is 12.1. The number of hydrogen-bond acceptors (Lipinski definition) is 7. The van der Waals surface area contributed by atoms with Crippen LogP contribution in [0.25, 0.3) is 0 Å². The molecular weight excluding hydrogens is 214 g/mol. The molecule has 8 heteroatoms. The summed E-state index contributed by atoms with van der Waals surface area (Å²) in [6, 6.07) is -0.298. The Morgan fingerprint density at radius 1 is 1.69 bits per heavy atom. The molecule has 0 spiro atoms. The van der Waals surface area contributed by atoms with Gasteiger partial charge in [-0.25, -0.2) is 9.97 Å². The van der Waals surface area contributed by atoms with E-state index in [1.165, 1.54) is 0 Å². The largest absolute Gasteiger partial charge is 0.394 e. The Balaban J connectivity index is 3.03. The van der Waals surface area contributed by atoms with Crippen molar-refractivity contribution in [3.05, 3.63) is 16.4 Å². The number of aromatic nitrogens is 2. The van der Waals surface area contributed by atoms with Crippen molar-refractivity contribution in [2.45, 2.75) is 19.4 Å². The first-order valence-corrected chi connectivity index (χ1v) is 4.72. The number of anilines is 2. The topological polar surface area (TPSA) is 127 Å². The van der Waals surface area contributed by atoms with Gasteiger partial charge in [0.05, 0.1) is 17.6 Å². The highest BCUT2D eigenvalue weighted by Crippen LogP contribution is 2.26. The van der Waals surface area contributed by atoms with E-state index in [4.69, 9.17) is 10.8 Å². The van der Waals surface area contributed by atoms with Crippen molar-refractivity contribution in [2.75, 3.05) is 17.7 Å². The monoisotopic (exact) mass is 227 g/mol. The predicted octanol–water partition coefficient (Wildman–Crippen LogP) is 0.150. The number of nitrogens with one attached hydrogen (secondary N) is 1. The molecule has 1 heterocycles. The Hall–Kier alpha value is -1.96. The summed E-state index contributed by atoms with van der Waals surface area (Å²) in [6.07, 6.45) is 1.74. The van der Waals surface area contributed by atoms with E-state index in [1.807, 2.05) is 6.92 Å². The van der Waals surface area contributed by atoms with E-state index in [2.05, 4.69) is 15.3 Å². The summed E-state index contributed by atoms with van der Waals surface area (Å²) in [6.45, 7) is 1.70. The van der Waals surface area contributed by atoms with Crippen LogP contribution in [0.4, 0.5) is 17.3 Å². The Morgan fingerprint density at radius 2 is 2.38 bits per heavy atom. The quantitative estimate of drug-likeness (QED) is 0.482. The molecule has 16 heavy (non-hydrogen) atoms. The molecule has 88 valence electrons. The van der Waals surface area contributed by atoms with E-state index in [0.717, 1.165) is 6.33 Å². The smallest absolute Gasteiger partial charge is 0.352 e. The minimum atomic E-state index is -0.651. The SMILES string of the molecule is CCC(CO)Nc1ncnc(N)c1[N+](=O)[O-]. The van der Waals surface area contributed by atoms with Gasteiger partial charge >= 0.3 is 5.69 Å². The maximum atomic E-state index is 10.7. The minimum Gasteiger partial charge on any atom is -0.394 e. The lowest BCUT2D eigenvalue weighted by molar-refractivity contribution is -0.383. The van der Waals surface area contributed by atoms with Crippen molar-refractivity contribution in [1.29, 1.82) is 0 Å². The van der Waals surface area contributed by atoms with E-state index < -0.39 is 4.92 Å². The molecule has 1 aromatic rings. The van der Waals surface area contributed by atoms with Gasteiger partial charge in [0.25, 0.3) is 0 Å². The number of nitrogens with zero attached hydrogens (tertiary/aromatic N) is 3. The second-order valence-electron chi connectivity index (χ2n) is 3.15. The van der Waals surface area contributed by atoms with E-state index in [9.17, 15) is 10.1 Å². The maximum Gasteiger partial charge on any atom is 0.352 e. The van der Waals surface area contributed by atoms with E-state index in [-0.39, 0.29) is 30.0 Å². The first-order valence-electron chi connectivity index (χ1n) is 4.72. The van der Waals surface area contributed by atoms with Crippen molar-refractivity contribution in [2.24, 2.45) is 0 Å². The lowest BCUT2D eigenvalue weighted by atomic mass is 10.2. The van der Waals surface area contributed by atoms with Crippen molar-refractivity contribution < 1.29 is 10.0 Å². The summed E-state index contributed by atoms with van der Waals surface area (Å²) >= 11 is 0. The predicted molar refractivity (Wildman–Crippen MR) is 57.9 cm³/mol. The number of aliphatic hydroxyl groups excluding tert-OH is 1. The van der Waals surface area contributed by atoms with E-state index in [0.29, 0.717) is 6.42 Å². The van der Waals surface area contributed by atoms with E-state index in [1.54, 1.807) is 0 Å². The second-order valence-corrected chi connectivity index (χ2v) is 3.15. The lowest BCUT2D eigenvalue weighted by Crippen LogP contribution is -2.24. The zero-order valence-corrected chi connectivity index (χ0v) is 8.75. The van der Waals surface area contributed by atoms with Crippen LogP contribution in [0.1, 0.15) is 13.3 Å². The highest BCUT2D eigenvalue weighted by atomic mass is 16.6. The summed E-state index contributed by atoms with van der Waals surface area (Å²) in [5.74, 6) is -0.173. The molecule has 0 radical (unpaired) electrons. The van der Waals surface area contributed by atoms with Crippen LogP contribution in [0.3, 0.4) is 0 Å². The van der Waals surface area contributed by atoms with Crippen LogP contribution in [0.5, 0.6) is 0 Å². The average Bonchev–Trinajstić information content (AvgIpc) is 2.25. The fraction of sp³-hybridized carbons (Fsp3) is 0.500. The lowest BCUT2D eigenvalue weighted by Gasteiger charge is -2.14. The molecule has 4 N–H and O–H groups in total. The molecule has 0 aliphatic rings. The third-order valence-corrected chi connectivity index (χ3v) is 2.09. The molecule has 1 rings (SSSR count). The third kappa shape index (κ3) is 2.54. The van der Waals surface area contributed by atoms with Gasteiger partial charge in [0.2, 0.25) is 11.6 Å². The summed E-state index contributed by atoms with van der Waals surface area (Å²) in [5, 5.41) is 22.5. The molecular formula is C8H13N5O3. The Kier molecular flexibility index (Phi) is 3.95. The van der Waals surface area contributed by atoms with Gasteiger partial charge in [0, 0.05) is 0 Å². The van der Waals surface area contributed by atoms with Crippen LogP contribution < -0.4 is 11.1 Å². The Bertz CT molecular complexity index is 380. The molecule has 0 aliphatic heterocycles. The molecule has 1 aromatic heterocycles. The van der Waals surface area contributed by atoms with Gasteiger partial charge in [-0.05, 0) is 6.42 Å². The minimum absolute atomic E-state index is 0.0263. The van der Waals surface area contributed by atoms with Crippen molar-refractivity contribution in [1.82, 2.24) is 9.97 Å². The standard InChI is InChI=1S/C8H13N5O3/c1-2-5(3-14)12-8-6(13(15)16)7(9)10-4-11-8/h4-5,14H,2-3H2,1H3,(H3,9,10,11,12). The van der Waals surface area contributed by atoms with Gasteiger partial charge in [-0.3, -0.25) is 10.1 Å². The second kappa shape index (κ2) is 5.21. The van der Waals surface area contributed by atoms with Gasteiger partial charge in [-0.15, -0.1) is 0 Å². The number of hydrogen-bond donors (Lipinski definition) is 3. The van der Waals surface area contributed by atoms with Crippen LogP contribution >= 0.6 is 0 Å². The van der Waals surface area contributed by atoms with Crippen LogP contribution in [0.15, 0.2) is 6.33 Å². The van der Waals surface area contributed by atoms with Crippen molar-refractivity contribution in [3.8, 4) is 0 Å². The van der Waals surface area contributed by atoms with Gasteiger partial charge in [0.15, 0.2) is 0 Å². The number of nitro groups is 1. The zero-order chi connectivity index (χ0) is 12.1. The van der Waals surface area contributed by atoms with Crippen LogP contribution in [0, 0.1) is 10.1 Å². The summed E-state index contributed by atoms with van der Waals surface area (Å²) in [5.41, 5.74) is 5.02. The third-order valence-electron chi connectivity index (χ3n) is 2.09. The summed E-state index contributed by atoms with van der Waals surface area (Å²) in [7, 11) is 0. The average molecular weight is 227 g/mol. The van der Waals surface area contributed by atoms with Gasteiger partial charge in [0.1, 0.15) is 6.33 Å². The highest BCUT2D eigenvalue weighted by Gasteiger charge is 2.22. The molecule has 0 amide bonds. The normalized spacial score (nSPS) is 12.1. The molecule has 0 saturated heterocycles. The Labute approximate surface area is 91.7 Å². The molecule has 0 aliphatic carbocycles.